The van der Waals surface area contributed by atoms with Crippen molar-refractivity contribution in [1.82, 2.24) is 4.90 Å². The first-order valence-corrected chi connectivity index (χ1v) is 12.3. The topological polar surface area (TPSA) is 49.7 Å². The van der Waals surface area contributed by atoms with Crippen LogP contribution in [0.25, 0.3) is 10.8 Å². The number of rotatable bonds is 6. The largest absolute Gasteiger partial charge is 0.294 e. The van der Waals surface area contributed by atoms with E-state index in [1.807, 2.05) is 54.6 Å². The van der Waals surface area contributed by atoms with Gasteiger partial charge in [-0.3, -0.25) is 14.5 Å². The Labute approximate surface area is 198 Å². The van der Waals surface area contributed by atoms with Crippen LogP contribution in [0.1, 0.15) is 40.7 Å². The highest BCUT2D eigenvalue weighted by Gasteiger charge is 2.38. The predicted octanol–water partition coefficient (Wildman–Crippen LogP) is 6.11. The van der Waals surface area contributed by atoms with E-state index in [-0.39, 0.29) is 18.1 Å². The summed E-state index contributed by atoms with van der Waals surface area (Å²) in [5.74, 6) is -0.0654. The van der Waals surface area contributed by atoms with Crippen molar-refractivity contribution in [3.8, 4) is 0 Å². The monoisotopic (exact) mass is 454 g/mol. The summed E-state index contributed by atoms with van der Waals surface area (Å²) in [6.45, 7) is 4.17. The number of thioether (sulfide) groups is 1. The van der Waals surface area contributed by atoms with E-state index in [0.29, 0.717) is 17.3 Å². The quantitative estimate of drug-likeness (QED) is 0.334. The Kier molecular flexibility index (Phi) is 6.14. The van der Waals surface area contributed by atoms with E-state index in [2.05, 4.69) is 12.6 Å². The van der Waals surface area contributed by atoms with Crippen LogP contribution in [0.4, 0.5) is 5.69 Å². The van der Waals surface area contributed by atoms with Crippen LogP contribution in [-0.2, 0) is 17.6 Å². The van der Waals surface area contributed by atoms with E-state index >= 15 is 0 Å². The fourth-order valence-electron chi connectivity index (χ4n) is 4.62. The third-order valence-electron chi connectivity index (χ3n) is 6.36. The van der Waals surface area contributed by atoms with Crippen LogP contribution in [0.5, 0.6) is 0 Å². The van der Waals surface area contributed by atoms with Gasteiger partial charge in [-0.25, -0.2) is 4.99 Å². The molecule has 5 rings (SSSR count). The van der Waals surface area contributed by atoms with Crippen LogP contribution in [0.2, 0.25) is 0 Å². The third kappa shape index (κ3) is 4.38. The van der Waals surface area contributed by atoms with Crippen LogP contribution >= 0.6 is 11.8 Å². The molecule has 1 atom stereocenters. The third-order valence-corrected chi connectivity index (χ3v) is 7.53. The summed E-state index contributed by atoms with van der Waals surface area (Å²) in [5, 5.41) is 2.29. The summed E-state index contributed by atoms with van der Waals surface area (Å²) in [4.78, 5) is 32.8. The zero-order valence-corrected chi connectivity index (χ0v) is 19.3. The minimum absolute atomic E-state index is 0.0131. The van der Waals surface area contributed by atoms with Crippen LogP contribution in [0.3, 0.4) is 0 Å². The van der Waals surface area contributed by atoms with Gasteiger partial charge in [-0.1, -0.05) is 66.4 Å². The molecular formula is C28H26N2O2S. The average Bonchev–Trinajstić information content (AvgIpc) is 3.13. The number of carbonyl (C=O) groups is 2. The Hall–Kier alpha value is -3.18. The van der Waals surface area contributed by atoms with Crippen molar-refractivity contribution < 1.29 is 9.59 Å². The summed E-state index contributed by atoms with van der Waals surface area (Å²) >= 11 is 1.38. The zero-order chi connectivity index (χ0) is 22.8. The highest BCUT2D eigenvalue weighted by molar-refractivity contribution is 8.15. The maximum atomic E-state index is 13.2. The van der Waals surface area contributed by atoms with Gasteiger partial charge in [0.1, 0.15) is 0 Å². The van der Waals surface area contributed by atoms with E-state index in [1.54, 1.807) is 11.0 Å². The van der Waals surface area contributed by atoms with Crippen molar-refractivity contribution >= 4 is 45.1 Å². The molecule has 5 heteroatoms. The molecule has 3 aromatic rings. The van der Waals surface area contributed by atoms with Crippen molar-refractivity contribution in [1.29, 1.82) is 0 Å². The lowest BCUT2D eigenvalue weighted by atomic mass is 9.89. The minimum Gasteiger partial charge on any atom is -0.294 e. The molecule has 166 valence electrons. The van der Waals surface area contributed by atoms with Crippen LogP contribution in [0.15, 0.2) is 78.3 Å². The van der Waals surface area contributed by atoms with E-state index < -0.39 is 5.25 Å². The number of amidine groups is 1. The first-order chi connectivity index (χ1) is 16.1. The molecule has 1 heterocycles. The Balaban J connectivity index is 1.40. The second kappa shape index (κ2) is 9.36. The highest BCUT2D eigenvalue weighted by Crippen LogP contribution is 2.34. The molecule has 33 heavy (non-hydrogen) atoms. The molecule has 0 saturated carbocycles. The van der Waals surface area contributed by atoms with Gasteiger partial charge in [0.25, 0.3) is 0 Å². The molecule has 1 aliphatic heterocycles. The maximum absolute atomic E-state index is 13.2. The van der Waals surface area contributed by atoms with Gasteiger partial charge in [0.05, 0.1) is 10.9 Å². The standard InChI is InChI=1S/C28H26N2O2S/c1-2-16-30-27(32)26(18-25(31)22-15-14-19-8-3-4-10-21(19)17-22)33-28(30)29-24-13-7-11-20-9-5-6-12-23(20)24/h2,5-7,9,11-15,17,26H,1,3-4,8,10,16,18H2/t26-/m1/s1. The van der Waals surface area contributed by atoms with E-state index in [9.17, 15) is 9.59 Å². The fourth-order valence-corrected chi connectivity index (χ4v) is 5.78. The molecule has 1 fully saturated rings. The summed E-state index contributed by atoms with van der Waals surface area (Å²) in [6, 6.07) is 20.1. The number of aliphatic imine (C=N–C) groups is 1. The number of hydrogen-bond acceptors (Lipinski definition) is 4. The molecule has 0 unspecified atom stereocenters. The molecule has 1 aliphatic carbocycles. The van der Waals surface area contributed by atoms with Crippen molar-refractivity contribution in [3.63, 3.8) is 0 Å². The highest BCUT2D eigenvalue weighted by atomic mass is 32.2. The fraction of sp³-hybridized carbons (Fsp3) is 0.250. The lowest BCUT2D eigenvalue weighted by Crippen LogP contribution is -2.32. The number of amides is 1. The smallest absolute Gasteiger partial charge is 0.242 e. The Morgan fingerprint density at radius 1 is 1.06 bits per heavy atom. The summed E-state index contributed by atoms with van der Waals surface area (Å²) in [5.41, 5.74) is 4.16. The van der Waals surface area contributed by atoms with Crippen molar-refractivity contribution in [2.75, 3.05) is 6.54 Å². The number of nitrogens with zero attached hydrogens (tertiary/aromatic N) is 2. The number of carbonyl (C=O) groups excluding carboxylic acids is 2. The normalized spacial score (nSPS) is 19.2. The predicted molar refractivity (Wildman–Crippen MR) is 136 cm³/mol. The first kappa shape index (κ1) is 21.7. The molecule has 4 nitrogen and oxygen atoms in total. The molecule has 1 saturated heterocycles. The molecule has 0 spiro atoms. The number of benzene rings is 3. The van der Waals surface area contributed by atoms with Crippen molar-refractivity contribution in [2.24, 2.45) is 4.99 Å². The van der Waals surface area contributed by atoms with Crippen LogP contribution in [0, 0.1) is 0 Å². The summed E-state index contributed by atoms with van der Waals surface area (Å²) in [6.07, 6.45) is 6.38. The first-order valence-electron chi connectivity index (χ1n) is 11.4. The van der Waals surface area contributed by atoms with Gasteiger partial charge in [-0.15, -0.1) is 6.58 Å². The number of fused-ring (bicyclic) bond motifs is 2. The lowest BCUT2D eigenvalue weighted by Gasteiger charge is -2.16. The van der Waals surface area contributed by atoms with Gasteiger partial charge in [0.2, 0.25) is 5.91 Å². The Morgan fingerprint density at radius 3 is 2.70 bits per heavy atom. The zero-order valence-electron chi connectivity index (χ0n) is 18.5. The second-order valence-corrected chi connectivity index (χ2v) is 9.72. The minimum atomic E-state index is -0.470. The Morgan fingerprint density at radius 2 is 1.85 bits per heavy atom. The molecule has 0 bridgehead atoms. The second-order valence-electron chi connectivity index (χ2n) is 8.55. The summed E-state index contributed by atoms with van der Waals surface area (Å²) in [7, 11) is 0. The van der Waals surface area contributed by atoms with Gasteiger partial charge in [0.15, 0.2) is 11.0 Å². The Bertz CT molecular complexity index is 1270. The molecular weight excluding hydrogens is 428 g/mol. The SMILES string of the molecule is C=CCN1C(=O)[C@@H](CC(=O)c2ccc3c(c2)CCCC3)SC1=Nc1cccc2ccccc12. The maximum Gasteiger partial charge on any atom is 0.242 e. The lowest BCUT2D eigenvalue weighted by molar-refractivity contribution is -0.125. The van der Waals surface area contributed by atoms with Gasteiger partial charge < -0.3 is 0 Å². The molecule has 1 amide bonds. The van der Waals surface area contributed by atoms with Crippen LogP contribution < -0.4 is 0 Å². The van der Waals surface area contributed by atoms with Gasteiger partial charge >= 0.3 is 0 Å². The van der Waals surface area contributed by atoms with E-state index in [1.165, 1.54) is 35.7 Å². The van der Waals surface area contributed by atoms with Crippen molar-refractivity contribution in [3.05, 3.63) is 90.0 Å². The van der Waals surface area contributed by atoms with E-state index in [0.717, 1.165) is 29.3 Å². The molecule has 0 N–H and O–H groups in total. The number of Topliss-reactive ketones (excluding diaryl/α,β-unsaturated/α-hetero) is 1. The van der Waals surface area contributed by atoms with E-state index in [4.69, 9.17) is 4.99 Å². The van der Waals surface area contributed by atoms with Crippen LogP contribution in [-0.4, -0.2) is 33.6 Å². The molecule has 0 radical (unpaired) electrons. The molecule has 3 aromatic carbocycles. The molecule has 0 aromatic heterocycles. The molecule has 2 aliphatic rings. The van der Waals surface area contributed by atoms with Gasteiger partial charge in [-0.05, 0) is 54.3 Å². The number of ketones is 1. The average molecular weight is 455 g/mol. The van der Waals surface area contributed by atoms with Gasteiger partial charge in [-0.2, -0.15) is 0 Å². The number of aryl methyl sites for hydroxylation is 2. The number of hydrogen-bond donors (Lipinski definition) is 0. The van der Waals surface area contributed by atoms with Gasteiger partial charge in [0, 0.05) is 23.9 Å². The summed E-state index contributed by atoms with van der Waals surface area (Å²) < 4.78 is 0. The van der Waals surface area contributed by atoms with Crippen molar-refractivity contribution in [2.45, 2.75) is 37.4 Å².